The van der Waals surface area contributed by atoms with Gasteiger partial charge in [-0.25, -0.2) is 4.68 Å². The monoisotopic (exact) mass is 345 g/mol. The Balaban J connectivity index is 1.93. The molecule has 0 saturated carbocycles. The van der Waals surface area contributed by atoms with Crippen LogP contribution >= 0.6 is 0 Å². The van der Waals surface area contributed by atoms with Gasteiger partial charge in [-0.2, -0.15) is 5.10 Å². The van der Waals surface area contributed by atoms with Gasteiger partial charge >= 0.3 is 0 Å². The van der Waals surface area contributed by atoms with Gasteiger partial charge in [0, 0.05) is 10.9 Å². The normalized spacial score (nSPS) is 10.5. The SMILES string of the molecule is C#CCn1nc(CNC(=O)c2cc(C)cc(C)c2)c2ccccc2c1=O. The fourth-order valence-electron chi connectivity index (χ4n) is 3.00. The molecule has 1 N–H and O–H groups in total. The maximum absolute atomic E-state index is 12.5. The highest BCUT2D eigenvalue weighted by Gasteiger charge is 2.12. The summed E-state index contributed by atoms with van der Waals surface area (Å²) in [6.07, 6.45) is 5.33. The predicted molar refractivity (Wildman–Crippen MR) is 102 cm³/mol. The third-order valence-electron chi connectivity index (χ3n) is 4.09. The number of aryl methyl sites for hydroxylation is 2. The number of aromatic nitrogens is 2. The van der Waals surface area contributed by atoms with E-state index in [4.69, 9.17) is 6.42 Å². The van der Waals surface area contributed by atoms with Crippen molar-refractivity contribution < 1.29 is 4.79 Å². The lowest BCUT2D eigenvalue weighted by molar-refractivity contribution is 0.0950. The minimum Gasteiger partial charge on any atom is -0.346 e. The summed E-state index contributed by atoms with van der Waals surface area (Å²) in [5.41, 5.74) is 3.03. The predicted octanol–water partition coefficient (Wildman–Crippen LogP) is 2.58. The van der Waals surface area contributed by atoms with Gasteiger partial charge in [0.05, 0.1) is 17.6 Å². The zero-order valence-electron chi connectivity index (χ0n) is 14.7. The van der Waals surface area contributed by atoms with Crippen LogP contribution in [0.4, 0.5) is 0 Å². The first-order valence-electron chi connectivity index (χ1n) is 8.28. The molecule has 0 atom stereocenters. The maximum atomic E-state index is 12.5. The Labute approximate surface area is 151 Å². The van der Waals surface area contributed by atoms with E-state index < -0.39 is 0 Å². The van der Waals surface area contributed by atoms with Crippen LogP contribution in [0.1, 0.15) is 27.2 Å². The van der Waals surface area contributed by atoms with Crippen LogP contribution in [0.15, 0.2) is 47.3 Å². The lowest BCUT2D eigenvalue weighted by atomic mass is 10.1. The van der Waals surface area contributed by atoms with Crippen molar-refractivity contribution in [3.8, 4) is 12.3 Å². The molecule has 1 heterocycles. The number of benzene rings is 2. The Morgan fingerprint density at radius 1 is 1.15 bits per heavy atom. The van der Waals surface area contributed by atoms with Crippen LogP contribution in [-0.4, -0.2) is 15.7 Å². The van der Waals surface area contributed by atoms with Crippen molar-refractivity contribution >= 4 is 16.7 Å². The summed E-state index contributed by atoms with van der Waals surface area (Å²) in [5, 5.41) is 8.47. The van der Waals surface area contributed by atoms with E-state index in [0.717, 1.165) is 11.1 Å². The second-order valence-electron chi connectivity index (χ2n) is 6.22. The minimum atomic E-state index is -0.233. The van der Waals surface area contributed by atoms with E-state index in [1.165, 1.54) is 4.68 Å². The molecule has 0 fully saturated rings. The lowest BCUT2D eigenvalue weighted by Gasteiger charge is -2.11. The van der Waals surface area contributed by atoms with E-state index in [9.17, 15) is 9.59 Å². The van der Waals surface area contributed by atoms with Crippen molar-refractivity contribution in [2.24, 2.45) is 0 Å². The molecule has 0 aliphatic carbocycles. The van der Waals surface area contributed by atoms with Gasteiger partial charge in [0.25, 0.3) is 11.5 Å². The Bertz CT molecular complexity index is 1070. The summed E-state index contributed by atoms with van der Waals surface area (Å²) < 4.78 is 1.25. The Hall–Kier alpha value is -3.39. The van der Waals surface area contributed by atoms with Crippen LogP contribution in [0, 0.1) is 26.2 Å². The van der Waals surface area contributed by atoms with Crippen LogP contribution in [-0.2, 0) is 13.1 Å². The van der Waals surface area contributed by atoms with Gasteiger partial charge in [0.1, 0.15) is 6.54 Å². The van der Waals surface area contributed by atoms with E-state index in [1.807, 2.05) is 44.2 Å². The molecule has 0 saturated heterocycles. The molecule has 3 aromatic rings. The number of terminal acetylenes is 1. The van der Waals surface area contributed by atoms with Crippen molar-refractivity contribution in [2.45, 2.75) is 26.9 Å². The van der Waals surface area contributed by atoms with Gasteiger partial charge in [-0.3, -0.25) is 9.59 Å². The first kappa shape index (κ1) is 17.4. The minimum absolute atomic E-state index is 0.0850. The maximum Gasteiger partial charge on any atom is 0.275 e. The number of carbonyl (C=O) groups excluding carboxylic acids is 1. The van der Waals surface area contributed by atoms with Crippen molar-refractivity contribution in [2.75, 3.05) is 0 Å². The molecule has 26 heavy (non-hydrogen) atoms. The van der Waals surface area contributed by atoms with Crippen molar-refractivity contribution in [1.29, 1.82) is 0 Å². The quantitative estimate of drug-likeness (QED) is 0.739. The fraction of sp³-hybridized carbons (Fsp3) is 0.190. The third kappa shape index (κ3) is 3.50. The molecule has 0 aliphatic heterocycles. The largest absolute Gasteiger partial charge is 0.346 e. The first-order chi connectivity index (χ1) is 12.5. The van der Waals surface area contributed by atoms with Crippen LogP contribution in [0.25, 0.3) is 10.8 Å². The van der Waals surface area contributed by atoms with Gasteiger partial charge in [-0.1, -0.05) is 41.3 Å². The van der Waals surface area contributed by atoms with E-state index in [1.54, 1.807) is 12.1 Å². The smallest absolute Gasteiger partial charge is 0.275 e. The summed E-state index contributed by atoms with van der Waals surface area (Å²) in [4.78, 5) is 24.9. The summed E-state index contributed by atoms with van der Waals surface area (Å²) in [7, 11) is 0. The number of hydrogen-bond donors (Lipinski definition) is 1. The molecule has 1 amide bonds. The molecule has 5 heteroatoms. The number of carbonyl (C=O) groups is 1. The van der Waals surface area contributed by atoms with Crippen LogP contribution in [0.2, 0.25) is 0 Å². The molecule has 1 aromatic heterocycles. The van der Waals surface area contributed by atoms with Crippen molar-refractivity contribution in [3.05, 3.63) is 75.2 Å². The summed E-state index contributed by atoms with van der Waals surface area (Å²) >= 11 is 0. The number of nitrogens with zero attached hydrogens (tertiary/aromatic N) is 2. The van der Waals surface area contributed by atoms with Crippen LogP contribution in [0.5, 0.6) is 0 Å². The Morgan fingerprint density at radius 3 is 2.46 bits per heavy atom. The average molecular weight is 345 g/mol. The highest BCUT2D eigenvalue weighted by Crippen LogP contribution is 2.14. The highest BCUT2D eigenvalue weighted by molar-refractivity contribution is 5.94. The molecular weight excluding hydrogens is 326 g/mol. The summed E-state index contributed by atoms with van der Waals surface area (Å²) in [6, 6.07) is 12.9. The highest BCUT2D eigenvalue weighted by atomic mass is 16.1. The van der Waals surface area contributed by atoms with Gasteiger partial charge in [-0.05, 0) is 32.0 Å². The number of amides is 1. The molecule has 130 valence electrons. The van der Waals surface area contributed by atoms with E-state index >= 15 is 0 Å². The van der Waals surface area contributed by atoms with E-state index in [2.05, 4.69) is 16.3 Å². The van der Waals surface area contributed by atoms with Gasteiger partial charge < -0.3 is 5.32 Å². The first-order valence-corrected chi connectivity index (χ1v) is 8.28. The molecule has 5 nitrogen and oxygen atoms in total. The molecule has 3 rings (SSSR count). The van der Waals surface area contributed by atoms with Gasteiger partial charge in [0.2, 0.25) is 0 Å². The van der Waals surface area contributed by atoms with E-state index in [0.29, 0.717) is 22.0 Å². The zero-order valence-corrected chi connectivity index (χ0v) is 14.7. The van der Waals surface area contributed by atoms with Gasteiger partial charge in [-0.15, -0.1) is 6.42 Å². The molecule has 2 aromatic carbocycles. The second kappa shape index (κ2) is 7.24. The second-order valence-corrected chi connectivity index (χ2v) is 6.22. The molecular formula is C21H19N3O2. The van der Waals surface area contributed by atoms with Crippen LogP contribution < -0.4 is 10.9 Å². The summed E-state index contributed by atoms with van der Waals surface area (Å²) in [6.45, 7) is 4.20. The Morgan fingerprint density at radius 2 is 1.81 bits per heavy atom. The van der Waals surface area contributed by atoms with Crippen molar-refractivity contribution in [3.63, 3.8) is 0 Å². The third-order valence-corrected chi connectivity index (χ3v) is 4.09. The number of rotatable bonds is 4. The van der Waals surface area contributed by atoms with E-state index in [-0.39, 0.29) is 24.6 Å². The van der Waals surface area contributed by atoms with Gasteiger partial charge in [0.15, 0.2) is 0 Å². The topological polar surface area (TPSA) is 64.0 Å². The summed E-state index contributed by atoms with van der Waals surface area (Å²) in [5.74, 6) is 2.25. The zero-order chi connectivity index (χ0) is 18.7. The number of hydrogen-bond acceptors (Lipinski definition) is 3. The molecule has 0 bridgehead atoms. The lowest BCUT2D eigenvalue weighted by Crippen LogP contribution is -2.28. The fourth-order valence-corrected chi connectivity index (χ4v) is 3.00. The molecule has 0 spiro atoms. The van der Waals surface area contributed by atoms with Crippen LogP contribution in [0.3, 0.4) is 0 Å². The number of nitrogens with one attached hydrogen (secondary N) is 1. The van der Waals surface area contributed by atoms with Crippen molar-refractivity contribution in [1.82, 2.24) is 15.1 Å². The molecule has 0 aliphatic rings. The standard InChI is InChI=1S/C21H19N3O2/c1-4-9-24-21(26)18-8-6-5-7-17(18)19(23-24)13-22-20(25)16-11-14(2)10-15(3)12-16/h1,5-8,10-12H,9,13H2,2-3H3,(H,22,25). The number of fused-ring (bicyclic) bond motifs is 1. The Kier molecular flexibility index (Phi) is 4.85. The molecule has 0 radical (unpaired) electrons. The average Bonchev–Trinajstić information content (AvgIpc) is 2.62. The molecule has 0 unspecified atom stereocenters.